The molecule has 66 valence electrons. The highest BCUT2D eigenvalue weighted by Gasteiger charge is 2.06. The molecule has 0 atom stereocenters. The van der Waals surface area contributed by atoms with Crippen molar-refractivity contribution in [1.82, 2.24) is 0 Å². The molecule has 0 saturated heterocycles. The van der Waals surface area contributed by atoms with Crippen LogP contribution in [0.3, 0.4) is 0 Å². The molecule has 0 radical (unpaired) electrons. The first-order chi connectivity index (χ1) is 5.66. The maximum atomic E-state index is 13.4. The molecule has 0 saturated carbocycles. The summed E-state index contributed by atoms with van der Waals surface area (Å²) in [6.45, 7) is 5.85. The van der Waals surface area contributed by atoms with Gasteiger partial charge < -0.3 is 0 Å². The molecule has 0 fully saturated rings. The number of halogens is 1. The minimum absolute atomic E-state index is 0.0168. The van der Waals surface area contributed by atoms with Crippen LogP contribution in [0.4, 0.5) is 4.39 Å². The van der Waals surface area contributed by atoms with Crippen LogP contribution in [0.25, 0.3) is 0 Å². The molecule has 1 aromatic carbocycles. The van der Waals surface area contributed by atoms with Crippen molar-refractivity contribution in [3.8, 4) is 0 Å². The zero-order valence-corrected chi connectivity index (χ0v) is 7.95. The molecule has 1 aromatic rings. The van der Waals surface area contributed by atoms with E-state index in [2.05, 4.69) is 6.92 Å². The van der Waals surface area contributed by atoms with E-state index < -0.39 is 0 Å². The summed E-state index contributed by atoms with van der Waals surface area (Å²) < 4.78 is 13.4. The van der Waals surface area contributed by atoms with E-state index in [0.29, 0.717) is 0 Å². The van der Waals surface area contributed by atoms with Crippen molar-refractivity contribution in [2.75, 3.05) is 0 Å². The normalized spacial score (nSPS) is 10.3. The van der Waals surface area contributed by atoms with Crippen molar-refractivity contribution in [3.63, 3.8) is 0 Å². The topological polar surface area (TPSA) is 0 Å². The summed E-state index contributed by atoms with van der Waals surface area (Å²) in [4.78, 5) is 0. The van der Waals surface area contributed by atoms with Crippen LogP contribution in [-0.2, 0) is 6.42 Å². The molecule has 0 bridgehead atoms. The quantitative estimate of drug-likeness (QED) is 0.631. The van der Waals surface area contributed by atoms with Crippen molar-refractivity contribution in [2.24, 2.45) is 0 Å². The van der Waals surface area contributed by atoms with Gasteiger partial charge in [-0.15, -0.1) is 0 Å². The smallest absolute Gasteiger partial charge is 0.129 e. The molecular formula is C11H15F. The Morgan fingerprint density at radius 1 is 1.17 bits per heavy atom. The van der Waals surface area contributed by atoms with Gasteiger partial charge in [0.15, 0.2) is 0 Å². The second-order valence-electron chi connectivity index (χ2n) is 3.24. The summed E-state index contributed by atoms with van der Waals surface area (Å²) in [6, 6.07) is 3.83. The molecule has 0 aliphatic heterocycles. The number of rotatable bonds is 2. The SMILES string of the molecule is CCCc1c(C)ccc(C)c1F. The largest absolute Gasteiger partial charge is 0.206 e. The predicted octanol–water partition coefficient (Wildman–Crippen LogP) is 3.40. The number of aryl methyl sites for hydroxylation is 2. The Morgan fingerprint density at radius 2 is 1.75 bits per heavy atom. The minimum Gasteiger partial charge on any atom is -0.206 e. The number of benzene rings is 1. The summed E-state index contributed by atoms with van der Waals surface area (Å²) in [6.07, 6.45) is 1.85. The van der Waals surface area contributed by atoms with Gasteiger partial charge in [-0.3, -0.25) is 0 Å². The van der Waals surface area contributed by atoms with E-state index in [1.165, 1.54) is 0 Å². The molecule has 0 nitrogen and oxygen atoms in total. The van der Waals surface area contributed by atoms with Crippen molar-refractivity contribution >= 4 is 0 Å². The Hall–Kier alpha value is -0.850. The lowest BCUT2D eigenvalue weighted by Crippen LogP contribution is -1.96. The molecule has 0 spiro atoms. The zero-order valence-electron chi connectivity index (χ0n) is 7.95. The van der Waals surface area contributed by atoms with Crippen molar-refractivity contribution in [1.29, 1.82) is 0 Å². The van der Waals surface area contributed by atoms with Crippen molar-refractivity contribution in [2.45, 2.75) is 33.6 Å². The maximum Gasteiger partial charge on any atom is 0.129 e. The Kier molecular flexibility index (Phi) is 2.85. The Morgan fingerprint density at radius 3 is 2.33 bits per heavy atom. The molecule has 0 aliphatic carbocycles. The second kappa shape index (κ2) is 3.70. The molecule has 0 amide bonds. The van der Waals surface area contributed by atoms with Gasteiger partial charge in [0.25, 0.3) is 0 Å². The van der Waals surface area contributed by atoms with Gasteiger partial charge in [0.1, 0.15) is 5.82 Å². The molecule has 12 heavy (non-hydrogen) atoms. The van der Waals surface area contributed by atoms with E-state index in [-0.39, 0.29) is 5.82 Å². The van der Waals surface area contributed by atoms with Gasteiger partial charge in [-0.05, 0) is 37.0 Å². The molecule has 0 N–H and O–H groups in total. The highest BCUT2D eigenvalue weighted by molar-refractivity contribution is 5.32. The third-order valence-electron chi connectivity index (χ3n) is 2.17. The number of hydrogen-bond donors (Lipinski definition) is 0. The van der Waals surface area contributed by atoms with Crippen LogP contribution in [0, 0.1) is 19.7 Å². The fraction of sp³-hybridized carbons (Fsp3) is 0.455. The fourth-order valence-electron chi connectivity index (χ4n) is 1.39. The third kappa shape index (κ3) is 1.66. The molecule has 0 unspecified atom stereocenters. The minimum atomic E-state index is -0.0168. The maximum absolute atomic E-state index is 13.4. The standard InChI is InChI=1S/C11H15F/c1-4-5-10-8(2)6-7-9(3)11(10)12/h6-7H,4-5H2,1-3H3. The van der Waals surface area contributed by atoms with E-state index in [1.54, 1.807) is 0 Å². The van der Waals surface area contributed by atoms with E-state index in [0.717, 1.165) is 29.5 Å². The van der Waals surface area contributed by atoms with Gasteiger partial charge in [0.2, 0.25) is 0 Å². The van der Waals surface area contributed by atoms with Gasteiger partial charge >= 0.3 is 0 Å². The van der Waals surface area contributed by atoms with Gasteiger partial charge in [0, 0.05) is 0 Å². The average molecular weight is 166 g/mol. The number of hydrogen-bond acceptors (Lipinski definition) is 0. The summed E-state index contributed by atoms with van der Waals surface area (Å²) in [5.74, 6) is -0.0168. The molecular weight excluding hydrogens is 151 g/mol. The molecule has 1 rings (SSSR count). The first kappa shape index (κ1) is 9.24. The van der Waals surface area contributed by atoms with Crippen molar-refractivity contribution in [3.05, 3.63) is 34.6 Å². The van der Waals surface area contributed by atoms with E-state index in [1.807, 2.05) is 26.0 Å². The van der Waals surface area contributed by atoms with Crippen LogP contribution in [0.5, 0.6) is 0 Å². The van der Waals surface area contributed by atoms with Crippen LogP contribution < -0.4 is 0 Å². The van der Waals surface area contributed by atoms with Gasteiger partial charge in [-0.2, -0.15) is 0 Å². The first-order valence-corrected chi connectivity index (χ1v) is 4.41. The van der Waals surface area contributed by atoms with Crippen molar-refractivity contribution < 1.29 is 4.39 Å². The van der Waals surface area contributed by atoms with Crippen LogP contribution in [-0.4, -0.2) is 0 Å². The lowest BCUT2D eigenvalue weighted by molar-refractivity contribution is 0.596. The van der Waals surface area contributed by atoms with E-state index >= 15 is 0 Å². The van der Waals surface area contributed by atoms with Crippen LogP contribution >= 0.6 is 0 Å². The molecule has 0 aromatic heterocycles. The Labute approximate surface area is 73.4 Å². The van der Waals surface area contributed by atoms with Gasteiger partial charge in [-0.25, -0.2) is 4.39 Å². The Balaban J connectivity index is 3.14. The van der Waals surface area contributed by atoms with Crippen LogP contribution in [0.1, 0.15) is 30.0 Å². The fourth-order valence-corrected chi connectivity index (χ4v) is 1.39. The summed E-state index contributed by atoms with van der Waals surface area (Å²) in [5, 5.41) is 0. The lowest BCUT2D eigenvalue weighted by Gasteiger charge is -2.07. The first-order valence-electron chi connectivity index (χ1n) is 4.41. The summed E-state index contributed by atoms with van der Waals surface area (Å²) >= 11 is 0. The van der Waals surface area contributed by atoms with E-state index in [9.17, 15) is 4.39 Å². The van der Waals surface area contributed by atoms with Crippen LogP contribution in [0.15, 0.2) is 12.1 Å². The molecule has 0 aliphatic rings. The second-order valence-corrected chi connectivity index (χ2v) is 3.24. The zero-order chi connectivity index (χ0) is 9.14. The van der Waals surface area contributed by atoms with E-state index in [4.69, 9.17) is 0 Å². The average Bonchev–Trinajstić information content (AvgIpc) is 2.06. The van der Waals surface area contributed by atoms with Crippen LogP contribution in [0.2, 0.25) is 0 Å². The third-order valence-corrected chi connectivity index (χ3v) is 2.17. The highest BCUT2D eigenvalue weighted by atomic mass is 19.1. The molecule has 0 heterocycles. The van der Waals surface area contributed by atoms with Gasteiger partial charge in [0.05, 0.1) is 0 Å². The summed E-state index contributed by atoms with van der Waals surface area (Å²) in [7, 11) is 0. The highest BCUT2D eigenvalue weighted by Crippen LogP contribution is 2.17. The monoisotopic (exact) mass is 166 g/mol. The molecule has 1 heteroatoms. The predicted molar refractivity (Wildman–Crippen MR) is 49.9 cm³/mol. The lowest BCUT2D eigenvalue weighted by atomic mass is 10.0. The van der Waals surface area contributed by atoms with Gasteiger partial charge in [-0.1, -0.05) is 25.5 Å². The summed E-state index contributed by atoms with van der Waals surface area (Å²) in [5.41, 5.74) is 2.71. The Bertz CT molecular complexity index is 277.